The number of carbonyl (C=O) groups is 1. The van der Waals surface area contributed by atoms with Crippen molar-refractivity contribution in [2.75, 3.05) is 0 Å². The van der Waals surface area contributed by atoms with E-state index in [4.69, 9.17) is 0 Å². The SMILES string of the molecule is O=C(c1c[nH]c2ccccc12)n1nnc2ccccc21. The van der Waals surface area contributed by atoms with Crippen LogP contribution in [0.5, 0.6) is 0 Å². The molecule has 0 saturated carbocycles. The maximum atomic E-state index is 12.6. The van der Waals surface area contributed by atoms with Crippen LogP contribution in [0.3, 0.4) is 0 Å². The Bertz CT molecular complexity index is 859. The van der Waals surface area contributed by atoms with E-state index in [1.807, 2.05) is 48.5 Å². The number of nitrogens with one attached hydrogen (secondary N) is 1. The Hall–Kier alpha value is -2.95. The molecule has 5 nitrogen and oxygen atoms in total. The van der Waals surface area contributed by atoms with Crippen molar-refractivity contribution in [3.05, 3.63) is 60.3 Å². The van der Waals surface area contributed by atoms with E-state index in [0.717, 1.165) is 10.9 Å². The Morgan fingerprint density at radius 1 is 1.05 bits per heavy atom. The second-order valence-corrected chi connectivity index (χ2v) is 4.54. The average molecular weight is 262 g/mol. The molecular formula is C15H10N4O. The van der Waals surface area contributed by atoms with Crippen LogP contribution in [0.1, 0.15) is 10.4 Å². The molecule has 0 fully saturated rings. The minimum atomic E-state index is -0.184. The molecule has 20 heavy (non-hydrogen) atoms. The third-order valence-corrected chi connectivity index (χ3v) is 3.36. The van der Waals surface area contributed by atoms with E-state index in [0.29, 0.717) is 16.6 Å². The Morgan fingerprint density at radius 2 is 1.85 bits per heavy atom. The van der Waals surface area contributed by atoms with Gasteiger partial charge in [0.2, 0.25) is 0 Å². The Morgan fingerprint density at radius 3 is 2.80 bits per heavy atom. The second kappa shape index (κ2) is 4.03. The van der Waals surface area contributed by atoms with Gasteiger partial charge < -0.3 is 4.98 Å². The number of aromatic nitrogens is 4. The van der Waals surface area contributed by atoms with Gasteiger partial charge in [-0.2, -0.15) is 4.68 Å². The summed E-state index contributed by atoms with van der Waals surface area (Å²) in [6, 6.07) is 15.1. The third kappa shape index (κ3) is 1.46. The van der Waals surface area contributed by atoms with E-state index in [1.54, 1.807) is 6.20 Å². The largest absolute Gasteiger partial charge is 0.360 e. The first-order valence-electron chi connectivity index (χ1n) is 6.26. The number of para-hydroxylation sites is 2. The van der Waals surface area contributed by atoms with E-state index in [-0.39, 0.29) is 5.91 Å². The molecule has 5 heteroatoms. The number of fused-ring (bicyclic) bond motifs is 2. The van der Waals surface area contributed by atoms with Gasteiger partial charge in [-0.25, -0.2) is 0 Å². The Labute approximate surface area is 113 Å². The highest BCUT2D eigenvalue weighted by atomic mass is 16.2. The summed E-state index contributed by atoms with van der Waals surface area (Å²) in [4.78, 5) is 15.7. The van der Waals surface area contributed by atoms with E-state index in [9.17, 15) is 4.79 Å². The number of H-pyrrole nitrogens is 1. The van der Waals surface area contributed by atoms with E-state index >= 15 is 0 Å². The number of benzene rings is 2. The summed E-state index contributed by atoms with van der Waals surface area (Å²) in [5.74, 6) is -0.184. The van der Waals surface area contributed by atoms with Crippen LogP contribution < -0.4 is 0 Å². The highest BCUT2D eigenvalue weighted by Crippen LogP contribution is 2.20. The number of hydrogen-bond donors (Lipinski definition) is 1. The van der Waals surface area contributed by atoms with Crippen LogP contribution in [0, 0.1) is 0 Å². The zero-order valence-corrected chi connectivity index (χ0v) is 10.4. The fourth-order valence-electron chi connectivity index (χ4n) is 2.38. The molecule has 0 amide bonds. The maximum Gasteiger partial charge on any atom is 0.282 e. The van der Waals surface area contributed by atoms with E-state index in [1.165, 1.54) is 4.68 Å². The average Bonchev–Trinajstić information content (AvgIpc) is 3.11. The van der Waals surface area contributed by atoms with Crippen LogP contribution in [0.15, 0.2) is 54.7 Å². The van der Waals surface area contributed by atoms with Gasteiger partial charge in [-0.3, -0.25) is 4.79 Å². The van der Waals surface area contributed by atoms with Crippen LogP contribution in [-0.2, 0) is 0 Å². The zero-order valence-electron chi connectivity index (χ0n) is 10.4. The van der Waals surface area contributed by atoms with Crippen molar-refractivity contribution in [3.63, 3.8) is 0 Å². The number of carbonyl (C=O) groups excluding carboxylic acids is 1. The molecule has 2 aromatic carbocycles. The predicted molar refractivity (Wildman–Crippen MR) is 75.6 cm³/mol. The Kier molecular flexibility index (Phi) is 2.20. The summed E-state index contributed by atoms with van der Waals surface area (Å²) >= 11 is 0. The zero-order chi connectivity index (χ0) is 13.5. The van der Waals surface area contributed by atoms with Gasteiger partial charge in [0.1, 0.15) is 5.52 Å². The molecule has 0 radical (unpaired) electrons. The van der Waals surface area contributed by atoms with Gasteiger partial charge in [0, 0.05) is 17.1 Å². The predicted octanol–water partition coefficient (Wildman–Crippen LogP) is 2.60. The molecule has 0 saturated heterocycles. The van der Waals surface area contributed by atoms with Gasteiger partial charge >= 0.3 is 0 Å². The van der Waals surface area contributed by atoms with Crippen molar-refractivity contribution >= 4 is 27.8 Å². The van der Waals surface area contributed by atoms with Crippen molar-refractivity contribution in [2.24, 2.45) is 0 Å². The summed E-state index contributed by atoms with van der Waals surface area (Å²) in [6.07, 6.45) is 1.71. The van der Waals surface area contributed by atoms with Gasteiger partial charge in [-0.1, -0.05) is 35.5 Å². The van der Waals surface area contributed by atoms with Crippen molar-refractivity contribution in [3.8, 4) is 0 Å². The fraction of sp³-hybridized carbons (Fsp3) is 0. The summed E-state index contributed by atoms with van der Waals surface area (Å²) in [5, 5.41) is 8.86. The smallest absolute Gasteiger partial charge is 0.282 e. The molecule has 2 aromatic heterocycles. The van der Waals surface area contributed by atoms with E-state index in [2.05, 4.69) is 15.3 Å². The lowest BCUT2D eigenvalue weighted by Gasteiger charge is -1.99. The summed E-state index contributed by atoms with van der Waals surface area (Å²) in [6.45, 7) is 0. The van der Waals surface area contributed by atoms with Gasteiger partial charge in [0.15, 0.2) is 0 Å². The van der Waals surface area contributed by atoms with Crippen molar-refractivity contribution < 1.29 is 4.79 Å². The summed E-state index contributed by atoms with van der Waals surface area (Å²) in [7, 11) is 0. The lowest BCUT2D eigenvalue weighted by atomic mass is 10.1. The highest BCUT2D eigenvalue weighted by molar-refractivity contribution is 6.09. The van der Waals surface area contributed by atoms with E-state index < -0.39 is 0 Å². The Balaban J connectivity index is 1.92. The molecule has 0 bridgehead atoms. The monoisotopic (exact) mass is 262 g/mol. The first kappa shape index (κ1) is 10.9. The van der Waals surface area contributed by atoms with Gasteiger partial charge in [-0.15, -0.1) is 5.10 Å². The molecule has 1 N–H and O–H groups in total. The third-order valence-electron chi connectivity index (χ3n) is 3.36. The normalized spacial score (nSPS) is 11.2. The minimum absolute atomic E-state index is 0.184. The van der Waals surface area contributed by atoms with Crippen LogP contribution >= 0.6 is 0 Å². The molecule has 2 heterocycles. The van der Waals surface area contributed by atoms with Crippen molar-refractivity contribution in [1.29, 1.82) is 0 Å². The molecule has 0 spiro atoms. The molecule has 0 unspecified atom stereocenters. The first-order chi connectivity index (χ1) is 9.84. The molecule has 0 atom stereocenters. The molecule has 0 aliphatic carbocycles. The van der Waals surface area contributed by atoms with Gasteiger partial charge in [0.05, 0.1) is 11.1 Å². The standard InChI is InChI=1S/C15H10N4O/c20-15(11-9-16-12-6-2-1-5-10(11)12)19-14-8-4-3-7-13(14)17-18-19/h1-9,16H. The molecule has 0 aliphatic heterocycles. The lowest BCUT2D eigenvalue weighted by Crippen LogP contribution is -2.13. The number of aromatic amines is 1. The maximum absolute atomic E-state index is 12.6. The van der Waals surface area contributed by atoms with Crippen molar-refractivity contribution in [2.45, 2.75) is 0 Å². The van der Waals surface area contributed by atoms with Gasteiger partial charge in [-0.05, 0) is 18.2 Å². The highest BCUT2D eigenvalue weighted by Gasteiger charge is 2.17. The van der Waals surface area contributed by atoms with Crippen LogP contribution in [-0.4, -0.2) is 25.9 Å². The number of hydrogen-bond acceptors (Lipinski definition) is 3. The molecule has 4 aromatic rings. The van der Waals surface area contributed by atoms with Crippen molar-refractivity contribution in [1.82, 2.24) is 20.0 Å². The minimum Gasteiger partial charge on any atom is -0.360 e. The quantitative estimate of drug-likeness (QED) is 0.573. The lowest BCUT2D eigenvalue weighted by molar-refractivity contribution is 0.0950. The molecular weight excluding hydrogens is 252 g/mol. The number of nitrogens with zero attached hydrogens (tertiary/aromatic N) is 3. The number of rotatable bonds is 1. The first-order valence-corrected chi connectivity index (χ1v) is 6.26. The summed E-state index contributed by atoms with van der Waals surface area (Å²) < 4.78 is 1.34. The molecule has 96 valence electrons. The van der Waals surface area contributed by atoms with Crippen LogP contribution in [0.4, 0.5) is 0 Å². The molecule has 0 aliphatic rings. The summed E-state index contributed by atoms with van der Waals surface area (Å²) in [5.41, 5.74) is 2.94. The fourth-order valence-corrected chi connectivity index (χ4v) is 2.38. The second-order valence-electron chi connectivity index (χ2n) is 4.54. The topological polar surface area (TPSA) is 63.6 Å². The van der Waals surface area contributed by atoms with Crippen LogP contribution in [0.2, 0.25) is 0 Å². The molecule has 4 rings (SSSR count). The van der Waals surface area contributed by atoms with Gasteiger partial charge in [0.25, 0.3) is 5.91 Å². The van der Waals surface area contributed by atoms with Crippen LogP contribution in [0.25, 0.3) is 21.9 Å².